The number of hydrogen-bond donors (Lipinski definition) is 4. The second kappa shape index (κ2) is 37.0. The third-order valence-electron chi connectivity index (χ3n) is 16.3. The number of amides is 1. The average molecular weight is 1310 g/mol. The molecule has 4 N–H and O–H groups in total. The Morgan fingerprint density at radius 3 is 1.79 bits per heavy atom. The maximum absolute atomic E-state index is 15.8. The number of carboxylic acid groups (broad SMARTS) is 1. The van der Waals surface area contributed by atoms with E-state index in [2.05, 4.69) is 38.6 Å². The zero-order chi connectivity index (χ0) is 65.9. The minimum Gasteiger partial charge on any atom is -0.481 e. The molecule has 19 heteroatoms. The molecule has 2 saturated carbocycles. The number of carbonyl (C=O) groups is 7. The molecule has 1 aliphatic heterocycles. The molecule has 484 valence electrons. The highest BCUT2D eigenvalue weighted by molar-refractivity contribution is 14.1. The van der Waals surface area contributed by atoms with Crippen molar-refractivity contribution < 1.29 is 76.9 Å². The molecule has 18 nitrogen and oxygen atoms in total. The van der Waals surface area contributed by atoms with Gasteiger partial charge in [-0.2, -0.15) is 0 Å². The largest absolute Gasteiger partial charge is 0.509 e. The van der Waals surface area contributed by atoms with Gasteiger partial charge in [-0.15, -0.1) is 0 Å². The van der Waals surface area contributed by atoms with E-state index < -0.39 is 105 Å². The van der Waals surface area contributed by atoms with Crippen LogP contribution in [-0.2, 0) is 52.3 Å². The molecule has 0 spiro atoms. The fourth-order valence-corrected chi connectivity index (χ4v) is 12.5. The first-order chi connectivity index (χ1) is 39.9. The van der Waals surface area contributed by atoms with Crippen molar-refractivity contribution in [2.45, 2.75) is 238 Å². The van der Waals surface area contributed by atoms with E-state index in [1.165, 1.54) is 6.42 Å². The number of benzene rings is 2. The Hall–Kier alpha value is -4.96. The molecule has 2 bridgehead atoms. The summed E-state index contributed by atoms with van der Waals surface area (Å²) in [6.45, 7) is 40.2. The van der Waals surface area contributed by atoms with Gasteiger partial charge >= 0.3 is 24.2 Å². The van der Waals surface area contributed by atoms with Gasteiger partial charge in [-0.1, -0.05) is 145 Å². The number of hydrogen-bond acceptors (Lipinski definition) is 16. The predicted octanol–water partition coefficient (Wildman–Crippen LogP) is 14.1. The molecule has 1 amide bonds. The van der Waals surface area contributed by atoms with E-state index in [-0.39, 0.29) is 36.8 Å². The van der Waals surface area contributed by atoms with Crippen LogP contribution in [0.5, 0.6) is 0 Å². The van der Waals surface area contributed by atoms with Crippen LogP contribution in [0.4, 0.5) is 9.59 Å². The number of carbonyl (C=O) groups excluding carboxylic acids is 6. The van der Waals surface area contributed by atoms with E-state index in [0.717, 1.165) is 26.3 Å². The van der Waals surface area contributed by atoms with Gasteiger partial charge in [0.15, 0.2) is 0 Å². The van der Waals surface area contributed by atoms with E-state index in [1.54, 1.807) is 109 Å². The number of Topliss-reactive ketones (excluding diaryl/α,β-unsaturated/α-hetero) is 2. The Bertz CT molecular complexity index is 2430. The summed E-state index contributed by atoms with van der Waals surface area (Å²) in [5.74, 6) is -3.36. The first-order valence-electron chi connectivity index (χ1n) is 30.4. The summed E-state index contributed by atoms with van der Waals surface area (Å²) in [5, 5.41) is 24.3. The number of alkyl carbamates (subject to hydrolysis) is 1. The molecular formula is C66H107IN2O16. The molecule has 1 heterocycles. The van der Waals surface area contributed by atoms with Crippen molar-refractivity contribution in [1.29, 1.82) is 0 Å². The van der Waals surface area contributed by atoms with Gasteiger partial charge in [0, 0.05) is 84.9 Å². The van der Waals surface area contributed by atoms with Gasteiger partial charge in [0.1, 0.15) is 41.0 Å². The zero-order valence-corrected chi connectivity index (χ0v) is 57.5. The number of ketones is 2. The molecule has 85 heavy (non-hydrogen) atoms. The van der Waals surface area contributed by atoms with E-state index in [0.29, 0.717) is 36.0 Å². The lowest BCUT2D eigenvalue weighted by molar-refractivity contribution is -0.354. The summed E-state index contributed by atoms with van der Waals surface area (Å²) in [4.78, 5) is 91.0. The molecule has 3 aliphatic carbocycles. The van der Waals surface area contributed by atoms with E-state index in [4.69, 9.17) is 43.1 Å². The van der Waals surface area contributed by atoms with Crippen LogP contribution < -0.4 is 8.85 Å². The number of carboxylic acids is 1. The highest BCUT2D eigenvalue weighted by Gasteiger charge is 2.80. The summed E-state index contributed by atoms with van der Waals surface area (Å²) in [7, 11) is 1.56. The number of aliphatic carboxylic acids is 1. The molecule has 0 radical (unpaired) electrons. The molecule has 0 aromatic heterocycles. The summed E-state index contributed by atoms with van der Waals surface area (Å²) >= 11 is 2.14. The lowest BCUT2D eigenvalue weighted by Crippen LogP contribution is -2.82. The number of halogens is 1. The van der Waals surface area contributed by atoms with Gasteiger partial charge in [0.2, 0.25) is 6.10 Å². The van der Waals surface area contributed by atoms with Crippen LogP contribution in [0.3, 0.4) is 0 Å². The van der Waals surface area contributed by atoms with Gasteiger partial charge in [-0.3, -0.25) is 13.1 Å². The molecule has 6 rings (SSSR count). The minimum absolute atomic E-state index is 0.00595. The van der Waals surface area contributed by atoms with E-state index in [9.17, 15) is 29.1 Å². The number of nitrogens with one attached hydrogen (secondary N) is 2. The Labute approximate surface area is 523 Å². The average Bonchev–Trinajstić information content (AvgIpc) is 3.49. The summed E-state index contributed by atoms with van der Waals surface area (Å²) in [6, 6.07) is 15.6. The second-order valence-electron chi connectivity index (χ2n) is 22.7. The SMILES string of the molecule is CC.CC.CC.CC(=O)O.CCCC(C)=O.CCCNI.CCCOC(=O)O[C@@H](C(=O)O[C@H]1C[C@@]2(O)[C@@H](OC(=O)c3ccccc3)[C@@]3(C)[C@](C)(C(=O)C(C)C(=C1C)[C@]2(C)CC)C(OC)C[C@H]1OC[C@]13C)C(NC(=O)OC(C)(C)C)c1ccccc1. The standard InChI is InChI=1S/C50H67NO13.C5H10O.C3H8IN.C2H4O2.3C2H6/c1-13-25-59-44(56)62-38(37(31-21-17-15-18-22-31)51-43(55)64-45(5,6)7)41(54)61-33-27-50(57)42(63-40(53)32-23-19-16-20-24-32)49(11)47(9)28-60-34(47)26-35(58-12)48(49,10)39(52)30(4)36(29(33)3)46(50,8)14-2;1-3-4-5(2)6;1-2-3-5-4;1-2(3)4;3*1-2/h15-24,30,33-35,37-38,42,57H,13-14,25-28H2,1-12H3,(H,51,55);3-4H2,1-2H3;5H,2-3H2,1H3;1H3,(H,3,4);3*1-2H3/t30?,33-,34+,35?,37?,38+,42-,46-,47+,48-,49+,50+;;;;;;/m0....../s1. The number of esters is 2. The van der Waals surface area contributed by atoms with Gasteiger partial charge in [-0.05, 0) is 96.1 Å². The van der Waals surface area contributed by atoms with Crippen LogP contribution in [0.15, 0.2) is 71.8 Å². The number of fused-ring (bicyclic) bond motifs is 5. The summed E-state index contributed by atoms with van der Waals surface area (Å²) < 4.78 is 45.3. The predicted molar refractivity (Wildman–Crippen MR) is 340 cm³/mol. The van der Waals surface area contributed by atoms with Gasteiger partial charge in [0.05, 0.1) is 36.4 Å². The van der Waals surface area contributed by atoms with Crippen molar-refractivity contribution in [3.05, 3.63) is 82.9 Å². The van der Waals surface area contributed by atoms with Crippen molar-refractivity contribution in [3.8, 4) is 0 Å². The van der Waals surface area contributed by atoms with Crippen molar-refractivity contribution in [2.24, 2.45) is 27.6 Å². The molecule has 3 fully saturated rings. The van der Waals surface area contributed by atoms with Crippen molar-refractivity contribution in [1.82, 2.24) is 8.85 Å². The maximum Gasteiger partial charge on any atom is 0.509 e. The topological polar surface area (TPSA) is 249 Å². The van der Waals surface area contributed by atoms with Crippen LogP contribution in [0.2, 0.25) is 0 Å². The highest BCUT2D eigenvalue weighted by atomic mass is 127. The molecule has 4 aliphatic rings. The molecule has 1 saturated heterocycles. The first-order valence-corrected chi connectivity index (χ1v) is 31.5. The Balaban J connectivity index is 0.00000292. The van der Waals surface area contributed by atoms with Crippen LogP contribution in [-0.4, -0.2) is 121 Å². The Morgan fingerprint density at radius 2 is 1.38 bits per heavy atom. The monoisotopic (exact) mass is 1310 g/mol. The van der Waals surface area contributed by atoms with Gasteiger partial charge < -0.3 is 53.5 Å². The Kier molecular flexibility index (Phi) is 34.9. The maximum atomic E-state index is 15.8. The third-order valence-corrected chi connectivity index (χ3v) is 16.9. The normalized spacial score (nSPS) is 27.4. The quantitative estimate of drug-likeness (QED) is 0.0401. The van der Waals surface area contributed by atoms with Crippen LogP contribution in [0, 0.1) is 27.6 Å². The van der Waals surface area contributed by atoms with Crippen LogP contribution >= 0.6 is 22.9 Å². The second-order valence-corrected chi connectivity index (χ2v) is 23.4. The van der Waals surface area contributed by atoms with Crippen LogP contribution in [0.1, 0.15) is 212 Å². The minimum atomic E-state index is -2.03. The number of ether oxygens (including phenoxy) is 7. The number of rotatable bonds is 16. The fourth-order valence-electron chi connectivity index (χ4n) is 12.0. The molecule has 2 aromatic carbocycles. The molecular weight excluding hydrogens is 1200 g/mol. The number of methoxy groups -OCH3 is 1. The van der Waals surface area contributed by atoms with E-state index >= 15 is 4.79 Å². The molecule has 3 unspecified atom stereocenters. The third kappa shape index (κ3) is 19.3. The van der Waals surface area contributed by atoms with Crippen LogP contribution in [0.25, 0.3) is 0 Å². The lowest BCUT2D eigenvalue weighted by atomic mass is 9.35. The summed E-state index contributed by atoms with van der Waals surface area (Å²) in [6.07, 6.45) is -3.85. The van der Waals surface area contributed by atoms with Crippen molar-refractivity contribution >= 4 is 64.6 Å². The molecule has 2 aromatic rings. The Morgan fingerprint density at radius 1 is 0.835 bits per heavy atom. The molecule has 12 atom stereocenters. The zero-order valence-electron chi connectivity index (χ0n) is 55.4. The highest BCUT2D eigenvalue weighted by Crippen LogP contribution is 2.73. The smallest absolute Gasteiger partial charge is 0.481 e. The van der Waals surface area contributed by atoms with Gasteiger partial charge in [-0.25, -0.2) is 19.2 Å². The van der Waals surface area contributed by atoms with E-state index in [1.807, 2.05) is 90.0 Å². The van der Waals surface area contributed by atoms with Crippen molar-refractivity contribution in [3.63, 3.8) is 0 Å². The lowest BCUT2D eigenvalue weighted by Gasteiger charge is -2.73. The first kappa shape index (κ1) is 80.0. The van der Waals surface area contributed by atoms with Crippen molar-refractivity contribution in [2.75, 3.05) is 26.9 Å². The number of aliphatic hydroxyl groups is 1. The summed E-state index contributed by atoms with van der Waals surface area (Å²) in [5.41, 5.74) is -6.02. The van der Waals surface area contributed by atoms with Gasteiger partial charge in [0.25, 0.3) is 5.97 Å². The fraction of sp³-hybridized carbons (Fsp3) is 0.682.